The molecule has 0 aliphatic rings. The van der Waals surface area contributed by atoms with Crippen LogP contribution in [0.3, 0.4) is 0 Å². The summed E-state index contributed by atoms with van der Waals surface area (Å²) < 4.78 is 0. The minimum Gasteiger partial charge on any atom is -0.402 e. The van der Waals surface area contributed by atoms with E-state index in [1.807, 2.05) is 0 Å². The molecule has 0 spiro atoms. The van der Waals surface area contributed by atoms with Gasteiger partial charge < -0.3 is 60.3 Å². The molecule has 0 rings (SSSR count). The molecule has 0 amide bonds. The minimum atomic E-state index is -2.17. The molecular weight excluding hydrogens is 294 g/mol. The number of rotatable bonds is 0. The Kier molecular flexibility index (Phi) is 45.0. The summed E-state index contributed by atoms with van der Waals surface area (Å²) in [4.78, 5) is 0. The van der Waals surface area contributed by atoms with E-state index in [1.54, 1.807) is 0 Å². The fourth-order valence-corrected chi connectivity index (χ4v) is 0. The van der Waals surface area contributed by atoms with E-state index in [0.29, 0.717) is 0 Å². The van der Waals surface area contributed by atoms with Gasteiger partial charge in [-0.25, -0.2) is 0 Å². The van der Waals surface area contributed by atoms with Crippen molar-refractivity contribution in [3.63, 3.8) is 0 Å². The first-order valence-electron chi connectivity index (χ1n) is 3.10. The summed E-state index contributed by atoms with van der Waals surface area (Å²) in [6.07, 6.45) is 0. The van der Waals surface area contributed by atoms with Crippen LogP contribution < -0.4 is 0 Å². The molecule has 0 aliphatic carbocycles. The molecule has 0 aromatic heterocycles. The van der Waals surface area contributed by atoms with E-state index in [-0.39, 0.29) is 16.5 Å². The first-order valence-corrected chi connectivity index (χ1v) is 3.10. The van der Waals surface area contributed by atoms with Gasteiger partial charge in [0.2, 0.25) is 0 Å². The van der Waals surface area contributed by atoms with E-state index in [1.165, 1.54) is 0 Å². The van der Waals surface area contributed by atoms with Crippen LogP contribution in [0, 0.1) is 0 Å². The molecule has 12 nitrogen and oxygen atoms in total. The zero-order valence-corrected chi connectivity index (χ0v) is 8.98. The molecule has 0 aliphatic heterocycles. The largest absolute Gasteiger partial charge is 0.631 e. The molecule has 0 heterocycles. The molecule has 0 bridgehead atoms. The summed E-state index contributed by atoms with van der Waals surface area (Å²) >= 11 is 0. The second-order valence-electron chi connectivity index (χ2n) is 1.39. The minimum absolute atomic E-state index is 0. The van der Waals surface area contributed by atoms with Crippen molar-refractivity contribution in [1.29, 1.82) is 0 Å². The molecule has 0 atom stereocenters. The van der Waals surface area contributed by atoms with Crippen LogP contribution in [0.1, 0.15) is 0 Å². The van der Waals surface area contributed by atoms with E-state index >= 15 is 0 Å². The molecule has 12 N–H and O–H groups in total. The van der Waals surface area contributed by atoms with Crippen molar-refractivity contribution in [3.05, 3.63) is 0 Å². The van der Waals surface area contributed by atoms with Crippen LogP contribution in [0.2, 0.25) is 0 Å². The maximum Gasteiger partial charge on any atom is 0.631 e. The van der Waals surface area contributed by atoms with Crippen molar-refractivity contribution < 1.29 is 76.8 Å². The van der Waals surface area contributed by atoms with Gasteiger partial charge in [0.25, 0.3) is 0 Å². The molecule has 0 radical (unpaired) electrons. The summed E-state index contributed by atoms with van der Waals surface area (Å²) in [5.74, 6) is 0. The van der Waals surface area contributed by atoms with E-state index in [9.17, 15) is 0 Å². The van der Waals surface area contributed by atoms with Crippen molar-refractivity contribution in [2.75, 3.05) is 0 Å². The maximum atomic E-state index is 7.17. The van der Waals surface area contributed by atoms with Gasteiger partial charge in [-0.2, -0.15) is 0 Å². The third kappa shape index (κ3) is 44400. The summed E-state index contributed by atoms with van der Waals surface area (Å²) in [7, 11) is -8.67. The standard InChI is InChI=1S/4BH3O3.Ni/c4*2-1(3)4;/h4*2-4H;. The fourth-order valence-electron chi connectivity index (χ4n) is 0. The van der Waals surface area contributed by atoms with Crippen LogP contribution in [-0.4, -0.2) is 89.6 Å². The van der Waals surface area contributed by atoms with Gasteiger partial charge in [-0.15, -0.1) is 0 Å². The van der Waals surface area contributed by atoms with Crippen LogP contribution in [0.5, 0.6) is 0 Å². The molecule has 0 saturated carbocycles. The van der Waals surface area contributed by atoms with E-state index in [2.05, 4.69) is 0 Å². The molecule has 0 fully saturated rings. The molecule has 106 valence electrons. The Morgan fingerprint density at radius 3 is 0.294 bits per heavy atom. The van der Waals surface area contributed by atoms with Gasteiger partial charge in [0.05, 0.1) is 0 Å². The van der Waals surface area contributed by atoms with Gasteiger partial charge >= 0.3 is 29.3 Å². The average Bonchev–Trinajstić information content (AvgIpc) is 1.76. The molecule has 0 aromatic rings. The van der Waals surface area contributed by atoms with Gasteiger partial charge in [-0.05, 0) is 0 Å². The zero-order valence-electron chi connectivity index (χ0n) is 7.99. The second kappa shape index (κ2) is 25.2. The predicted octanol–water partition coefficient (Wildman–Crippen LogP) is -8.21. The summed E-state index contributed by atoms with van der Waals surface area (Å²) in [6.45, 7) is 0. The number of hydrogen-bond donors (Lipinski definition) is 12. The average molecular weight is 306 g/mol. The summed E-state index contributed by atoms with van der Waals surface area (Å²) in [6, 6.07) is 0. The molecular formula is H12B4NiO12. The van der Waals surface area contributed by atoms with Crippen molar-refractivity contribution in [3.8, 4) is 0 Å². The normalized spacial score (nSPS) is 6.35. The van der Waals surface area contributed by atoms with Gasteiger partial charge in [0.15, 0.2) is 0 Å². The smallest absolute Gasteiger partial charge is 0.402 e. The third-order valence-corrected chi connectivity index (χ3v) is 0. The van der Waals surface area contributed by atoms with Crippen molar-refractivity contribution in [2.45, 2.75) is 0 Å². The van der Waals surface area contributed by atoms with Gasteiger partial charge in [0, 0.05) is 16.5 Å². The Morgan fingerprint density at radius 1 is 0.294 bits per heavy atom. The van der Waals surface area contributed by atoms with Crippen molar-refractivity contribution >= 4 is 29.3 Å². The van der Waals surface area contributed by atoms with E-state index in [0.717, 1.165) is 0 Å². The third-order valence-electron chi connectivity index (χ3n) is 0. The number of hydrogen-bond acceptors (Lipinski definition) is 12. The molecule has 17 heavy (non-hydrogen) atoms. The quantitative estimate of drug-likeness (QED) is 0.187. The predicted molar refractivity (Wildman–Crippen MR) is 49.6 cm³/mol. The zero-order chi connectivity index (χ0) is 14.3. The van der Waals surface area contributed by atoms with Crippen LogP contribution >= 0.6 is 0 Å². The Balaban J connectivity index is -0.0000000369. The Hall–Kier alpha value is 0.273. The van der Waals surface area contributed by atoms with Crippen molar-refractivity contribution in [1.82, 2.24) is 0 Å². The Bertz CT molecular complexity index is 61.5. The second-order valence-corrected chi connectivity index (χ2v) is 1.39. The van der Waals surface area contributed by atoms with E-state index in [4.69, 9.17) is 60.3 Å². The van der Waals surface area contributed by atoms with Crippen molar-refractivity contribution in [2.24, 2.45) is 0 Å². The topological polar surface area (TPSA) is 243 Å². The molecule has 0 aromatic carbocycles. The van der Waals surface area contributed by atoms with Gasteiger partial charge in [-0.1, -0.05) is 0 Å². The van der Waals surface area contributed by atoms with Crippen LogP contribution in [0.15, 0.2) is 0 Å². The summed E-state index contributed by atoms with van der Waals surface area (Å²) in [5.41, 5.74) is 0. The maximum absolute atomic E-state index is 7.17. The monoisotopic (exact) mass is 306 g/mol. The summed E-state index contributed by atoms with van der Waals surface area (Å²) in [5, 5.41) is 86.0. The first-order chi connectivity index (χ1) is 6.93. The molecule has 0 saturated heterocycles. The fraction of sp³-hybridized carbons (Fsp3) is 0. The Morgan fingerprint density at radius 2 is 0.294 bits per heavy atom. The van der Waals surface area contributed by atoms with Crippen LogP contribution in [-0.2, 0) is 16.5 Å². The molecule has 17 heteroatoms. The van der Waals surface area contributed by atoms with E-state index < -0.39 is 29.3 Å². The Labute approximate surface area is 107 Å². The first kappa shape index (κ1) is 30.4. The molecule has 0 unspecified atom stereocenters. The van der Waals surface area contributed by atoms with Crippen LogP contribution in [0.25, 0.3) is 0 Å². The van der Waals surface area contributed by atoms with Crippen LogP contribution in [0.4, 0.5) is 0 Å². The SMILES string of the molecule is OB(O)O.OB(O)O.OB(O)O.OB(O)O.[Ni]. The van der Waals surface area contributed by atoms with Gasteiger partial charge in [0.1, 0.15) is 0 Å². The van der Waals surface area contributed by atoms with Gasteiger partial charge in [-0.3, -0.25) is 0 Å².